The Morgan fingerprint density at radius 1 is 1.29 bits per heavy atom. The summed E-state index contributed by atoms with van der Waals surface area (Å²) in [5, 5.41) is 9.62. The van der Waals surface area contributed by atoms with Crippen LogP contribution < -0.4 is 5.32 Å². The largest absolute Gasteiger partial charge is 0.447 e. The molecule has 1 saturated heterocycles. The second-order valence-electron chi connectivity index (χ2n) is 7.11. The Hall–Kier alpha value is -2.32. The summed E-state index contributed by atoms with van der Waals surface area (Å²) in [6.07, 6.45) is 3.34. The van der Waals surface area contributed by atoms with Crippen LogP contribution in [0.25, 0.3) is 16.2 Å². The van der Waals surface area contributed by atoms with Crippen LogP contribution in [0.3, 0.4) is 0 Å². The van der Waals surface area contributed by atoms with Gasteiger partial charge in [-0.25, -0.2) is 14.3 Å². The molecule has 9 heteroatoms. The molecule has 2 aromatic heterocycles. The summed E-state index contributed by atoms with van der Waals surface area (Å²) in [7, 11) is 0. The molecule has 1 amide bonds. The topological polar surface area (TPSA) is 71.8 Å². The maximum absolute atomic E-state index is 12.0. The molecular formula is C19H22ClN5O2S. The second kappa shape index (κ2) is 7.97. The third kappa shape index (κ3) is 4.23. The van der Waals surface area contributed by atoms with Gasteiger partial charge in [-0.3, -0.25) is 0 Å². The highest BCUT2D eigenvalue weighted by Gasteiger charge is 2.25. The van der Waals surface area contributed by atoms with Crippen molar-refractivity contribution in [2.75, 3.05) is 18.4 Å². The molecule has 28 heavy (non-hydrogen) atoms. The van der Waals surface area contributed by atoms with Gasteiger partial charge in [-0.2, -0.15) is 0 Å². The number of anilines is 1. The van der Waals surface area contributed by atoms with Crippen molar-refractivity contribution in [1.29, 1.82) is 0 Å². The smallest absolute Gasteiger partial charge is 0.410 e. The molecule has 3 aromatic rings. The molecule has 1 N–H and O–H groups in total. The molecule has 0 aliphatic carbocycles. The van der Waals surface area contributed by atoms with Crippen LogP contribution in [0, 0.1) is 0 Å². The first kappa shape index (κ1) is 19.0. The normalized spacial score (nSPS) is 15.4. The number of nitrogens with zero attached hydrogens (tertiary/aromatic N) is 4. The fourth-order valence-corrected chi connectivity index (χ4v) is 4.16. The van der Waals surface area contributed by atoms with Crippen molar-refractivity contribution >= 4 is 39.1 Å². The van der Waals surface area contributed by atoms with Crippen molar-refractivity contribution in [3.63, 3.8) is 0 Å². The minimum atomic E-state index is -0.226. The Morgan fingerprint density at radius 3 is 2.64 bits per heavy atom. The lowest BCUT2D eigenvalue weighted by Gasteiger charge is -2.32. The fraction of sp³-hybridized carbons (Fsp3) is 0.421. The number of aromatic nitrogens is 3. The van der Waals surface area contributed by atoms with Crippen LogP contribution in [0.5, 0.6) is 0 Å². The predicted octanol–water partition coefficient (Wildman–Crippen LogP) is 4.53. The van der Waals surface area contributed by atoms with E-state index in [1.807, 2.05) is 44.3 Å². The molecule has 0 saturated carbocycles. The van der Waals surface area contributed by atoms with Crippen LogP contribution in [0.15, 0.2) is 30.5 Å². The second-order valence-corrected chi connectivity index (χ2v) is 8.50. The molecule has 4 rings (SSSR count). The highest BCUT2D eigenvalue weighted by molar-refractivity contribution is 7.20. The number of piperidine rings is 1. The lowest BCUT2D eigenvalue weighted by Crippen LogP contribution is -2.43. The van der Waals surface area contributed by atoms with Crippen molar-refractivity contribution in [2.45, 2.75) is 38.8 Å². The van der Waals surface area contributed by atoms with E-state index in [0.29, 0.717) is 18.1 Å². The Morgan fingerprint density at radius 2 is 2.00 bits per heavy atom. The molecule has 1 fully saturated rings. The van der Waals surface area contributed by atoms with E-state index in [-0.39, 0.29) is 18.2 Å². The van der Waals surface area contributed by atoms with Gasteiger partial charge in [0.05, 0.1) is 18.0 Å². The van der Waals surface area contributed by atoms with E-state index >= 15 is 0 Å². The van der Waals surface area contributed by atoms with Crippen LogP contribution in [0.2, 0.25) is 5.02 Å². The van der Waals surface area contributed by atoms with Crippen molar-refractivity contribution in [1.82, 2.24) is 19.5 Å². The summed E-state index contributed by atoms with van der Waals surface area (Å²) in [4.78, 5) is 19.2. The van der Waals surface area contributed by atoms with Gasteiger partial charge < -0.3 is 15.0 Å². The number of carbonyl (C=O) groups excluding carboxylic acids is 1. The summed E-state index contributed by atoms with van der Waals surface area (Å²) in [6, 6.07) is 7.90. The molecule has 3 heterocycles. The Labute approximate surface area is 172 Å². The summed E-state index contributed by atoms with van der Waals surface area (Å²) < 4.78 is 7.06. The van der Waals surface area contributed by atoms with E-state index in [1.54, 1.807) is 9.42 Å². The number of halogens is 1. The number of benzene rings is 1. The van der Waals surface area contributed by atoms with Crippen LogP contribution >= 0.6 is 22.9 Å². The molecule has 148 valence electrons. The van der Waals surface area contributed by atoms with E-state index < -0.39 is 0 Å². The quantitative estimate of drug-likeness (QED) is 0.672. The zero-order valence-corrected chi connectivity index (χ0v) is 17.3. The zero-order chi connectivity index (χ0) is 19.7. The van der Waals surface area contributed by atoms with Gasteiger partial charge in [-0.05, 0) is 38.8 Å². The number of hydrogen-bond donors (Lipinski definition) is 1. The number of hydrogen-bond acceptors (Lipinski definition) is 6. The van der Waals surface area contributed by atoms with Gasteiger partial charge in [0, 0.05) is 29.7 Å². The molecular weight excluding hydrogens is 398 g/mol. The van der Waals surface area contributed by atoms with Crippen molar-refractivity contribution in [3.8, 4) is 11.3 Å². The maximum Gasteiger partial charge on any atom is 0.410 e. The van der Waals surface area contributed by atoms with E-state index in [0.717, 1.165) is 34.2 Å². The van der Waals surface area contributed by atoms with E-state index in [2.05, 4.69) is 15.4 Å². The molecule has 0 spiro atoms. The molecule has 1 aromatic carbocycles. The molecule has 1 aliphatic heterocycles. The molecule has 0 bridgehead atoms. The van der Waals surface area contributed by atoms with Gasteiger partial charge in [-0.15, -0.1) is 5.10 Å². The minimum absolute atomic E-state index is 0.0901. The summed E-state index contributed by atoms with van der Waals surface area (Å²) >= 11 is 7.47. The zero-order valence-electron chi connectivity index (χ0n) is 15.8. The van der Waals surface area contributed by atoms with E-state index in [4.69, 9.17) is 16.3 Å². The Bertz CT molecular complexity index is 929. The number of fused-ring (bicyclic) bond motifs is 1. The third-order valence-corrected chi connectivity index (χ3v) is 5.71. The number of imidazole rings is 1. The van der Waals surface area contributed by atoms with Gasteiger partial charge in [0.1, 0.15) is 0 Å². The number of rotatable bonds is 4. The lowest BCUT2D eigenvalue weighted by atomic mass is 10.1. The molecule has 0 unspecified atom stereocenters. The SMILES string of the molecule is CC(C)OC(=O)N1CCC(Nc2nn3cc(-c4ccc(Cl)cc4)nc3s2)CC1. The standard InChI is InChI=1S/C19H22ClN5O2S/c1-12(2)27-19(26)24-9-7-15(8-10-24)21-17-23-25-11-16(22-18(25)28-17)13-3-5-14(20)6-4-13/h3-6,11-12,15H,7-10H2,1-2H3,(H,21,23). The van der Waals surface area contributed by atoms with Gasteiger partial charge in [-0.1, -0.05) is 35.1 Å². The number of nitrogens with one attached hydrogen (secondary N) is 1. The van der Waals surface area contributed by atoms with Gasteiger partial charge in [0.15, 0.2) is 0 Å². The maximum atomic E-state index is 12.0. The Balaban J connectivity index is 1.36. The van der Waals surface area contributed by atoms with E-state index in [1.165, 1.54) is 11.3 Å². The van der Waals surface area contributed by atoms with Crippen LogP contribution in [0.4, 0.5) is 9.93 Å². The van der Waals surface area contributed by atoms with Crippen molar-refractivity contribution in [3.05, 3.63) is 35.5 Å². The Kier molecular flexibility index (Phi) is 5.41. The molecule has 1 aliphatic rings. The average molecular weight is 420 g/mol. The molecule has 0 radical (unpaired) electrons. The average Bonchev–Trinajstić information content (AvgIpc) is 3.21. The predicted molar refractivity (Wildman–Crippen MR) is 111 cm³/mol. The third-order valence-electron chi connectivity index (χ3n) is 4.60. The van der Waals surface area contributed by atoms with Crippen molar-refractivity contribution < 1.29 is 9.53 Å². The van der Waals surface area contributed by atoms with E-state index in [9.17, 15) is 4.79 Å². The van der Waals surface area contributed by atoms with Crippen molar-refractivity contribution in [2.24, 2.45) is 0 Å². The summed E-state index contributed by atoms with van der Waals surface area (Å²) in [5.41, 5.74) is 1.89. The number of amides is 1. The first-order valence-electron chi connectivity index (χ1n) is 9.32. The molecule has 0 atom stereocenters. The lowest BCUT2D eigenvalue weighted by molar-refractivity contribution is 0.0701. The summed E-state index contributed by atoms with van der Waals surface area (Å²) in [5.74, 6) is 0. The van der Waals surface area contributed by atoms with Gasteiger partial charge >= 0.3 is 6.09 Å². The van der Waals surface area contributed by atoms with Crippen LogP contribution in [-0.2, 0) is 4.74 Å². The highest BCUT2D eigenvalue weighted by atomic mass is 35.5. The van der Waals surface area contributed by atoms with Gasteiger partial charge in [0.25, 0.3) is 0 Å². The summed E-state index contributed by atoms with van der Waals surface area (Å²) in [6.45, 7) is 5.10. The first-order chi connectivity index (χ1) is 13.5. The number of ether oxygens (including phenoxy) is 1. The highest BCUT2D eigenvalue weighted by Crippen LogP contribution is 2.27. The minimum Gasteiger partial charge on any atom is -0.447 e. The number of carbonyl (C=O) groups is 1. The van der Waals surface area contributed by atoms with Crippen LogP contribution in [-0.4, -0.2) is 50.8 Å². The fourth-order valence-electron chi connectivity index (χ4n) is 3.18. The monoisotopic (exact) mass is 419 g/mol. The first-order valence-corrected chi connectivity index (χ1v) is 10.5. The van der Waals surface area contributed by atoms with Gasteiger partial charge in [0.2, 0.25) is 10.1 Å². The number of likely N-dealkylation sites (tertiary alicyclic amines) is 1. The van der Waals surface area contributed by atoms with Crippen LogP contribution in [0.1, 0.15) is 26.7 Å². The molecule has 7 nitrogen and oxygen atoms in total.